The molecule has 0 amide bonds. The lowest BCUT2D eigenvalue weighted by Gasteiger charge is -2.15. The van der Waals surface area contributed by atoms with Gasteiger partial charge in [0, 0.05) is 0 Å². The maximum Gasteiger partial charge on any atom is 0.360 e. The average molecular weight is 286 g/mol. The molecule has 0 aliphatic carbocycles. The molecule has 0 fully saturated rings. The van der Waals surface area contributed by atoms with Crippen LogP contribution in [0.1, 0.15) is 46.0 Å². The molecule has 0 saturated heterocycles. The highest BCUT2D eigenvalue weighted by Crippen LogP contribution is 2.45. The van der Waals surface area contributed by atoms with Gasteiger partial charge < -0.3 is 25.1 Å². The molecule has 0 rings (SSSR count). The van der Waals surface area contributed by atoms with Gasteiger partial charge in [-0.05, 0) is 12.8 Å². The molecule has 18 heavy (non-hydrogen) atoms. The molecule has 5 N–H and O–H groups in total. The molecule has 0 aromatic heterocycles. The minimum atomic E-state index is -3.82. The molecule has 0 aliphatic heterocycles. The van der Waals surface area contributed by atoms with Gasteiger partial charge in [0.05, 0.1) is 5.66 Å². The van der Waals surface area contributed by atoms with Gasteiger partial charge in [-0.3, -0.25) is 4.57 Å². The first kappa shape index (κ1) is 19.9. The van der Waals surface area contributed by atoms with Crippen molar-refractivity contribution in [3.8, 4) is 0 Å². The normalized spacial score (nSPS) is 12.8. The molecule has 0 heterocycles. The third-order valence-corrected chi connectivity index (χ3v) is 3.88. The SMILES string of the molecule is CCCCCC(CC)P(=O)(O)O.O=C(O)C(O)O. The molecular weight excluding hydrogens is 263 g/mol. The average Bonchev–Trinajstić information content (AvgIpc) is 2.23. The fourth-order valence-corrected chi connectivity index (χ4v) is 2.23. The highest BCUT2D eigenvalue weighted by atomic mass is 31.2. The van der Waals surface area contributed by atoms with Gasteiger partial charge in [0.15, 0.2) is 0 Å². The van der Waals surface area contributed by atoms with E-state index in [1.165, 1.54) is 0 Å². The summed E-state index contributed by atoms with van der Waals surface area (Å²) < 4.78 is 10.9. The summed E-state index contributed by atoms with van der Waals surface area (Å²) in [4.78, 5) is 27.0. The van der Waals surface area contributed by atoms with Crippen LogP contribution in [0.25, 0.3) is 0 Å². The van der Waals surface area contributed by atoms with Gasteiger partial charge in [0.1, 0.15) is 0 Å². The Kier molecular flexibility index (Phi) is 11.5. The number of carboxylic acid groups (broad SMARTS) is 1. The van der Waals surface area contributed by atoms with Crippen LogP contribution in [-0.4, -0.2) is 43.0 Å². The Labute approximate surface area is 107 Å². The second-order valence-corrected chi connectivity index (χ2v) is 5.77. The van der Waals surface area contributed by atoms with Crippen LogP contribution in [0.4, 0.5) is 0 Å². The monoisotopic (exact) mass is 286 g/mol. The molecule has 0 aliphatic rings. The zero-order chi connectivity index (χ0) is 14.8. The van der Waals surface area contributed by atoms with Crippen molar-refractivity contribution in [2.24, 2.45) is 0 Å². The van der Waals surface area contributed by atoms with Gasteiger partial charge in [-0.25, -0.2) is 4.79 Å². The fourth-order valence-electron chi connectivity index (χ4n) is 1.24. The molecule has 110 valence electrons. The Balaban J connectivity index is 0. The zero-order valence-corrected chi connectivity index (χ0v) is 11.6. The zero-order valence-electron chi connectivity index (χ0n) is 10.7. The molecule has 1 atom stereocenters. The van der Waals surface area contributed by atoms with E-state index >= 15 is 0 Å². The van der Waals surface area contributed by atoms with E-state index in [-0.39, 0.29) is 0 Å². The number of rotatable bonds is 7. The van der Waals surface area contributed by atoms with Crippen LogP contribution in [-0.2, 0) is 9.36 Å². The number of carbonyl (C=O) groups is 1. The first-order valence-corrected chi connectivity index (χ1v) is 7.49. The second-order valence-electron chi connectivity index (χ2n) is 3.86. The van der Waals surface area contributed by atoms with Crippen molar-refractivity contribution in [3.05, 3.63) is 0 Å². The van der Waals surface area contributed by atoms with Crippen LogP contribution in [0, 0.1) is 0 Å². The number of unbranched alkanes of at least 4 members (excludes halogenated alkanes) is 2. The summed E-state index contributed by atoms with van der Waals surface area (Å²) >= 11 is 0. The molecule has 0 radical (unpaired) electrons. The molecule has 7 nitrogen and oxygen atoms in total. The Morgan fingerprint density at radius 2 is 1.61 bits per heavy atom. The van der Waals surface area contributed by atoms with Crippen molar-refractivity contribution in [2.45, 2.75) is 57.9 Å². The van der Waals surface area contributed by atoms with Gasteiger partial charge in [0.2, 0.25) is 0 Å². The van der Waals surface area contributed by atoms with Gasteiger partial charge in [-0.2, -0.15) is 0 Å². The molecule has 0 aromatic rings. The quantitative estimate of drug-likeness (QED) is 0.266. The first-order chi connectivity index (χ1) is 8.16. The van der Waals surface area contributed by atoms with E-state index in [4.69, 9.17) is 25.1 Å². The lowest BCUT2D eigenvalue weighted by Crippen LogP contribution is -2.17. The van der Waals surface area contributed by atoms with Crippen molar-refractivity contribution in [1.82, 2.24) is 0 Å². The summed E-state index contributed by atoms with van der Waals surface area (Å²) in [6.07, 6.45) is 2.10. The highest BCUT2D eigenvalue weighted by molar-refractivity contribution is 7.52. The van der Waals surface area contributed by atoms with Crippen LogP contribution < -0.4 is 0 Å². The molecular formula is C10H23O7P. The van der Waals surface area contributed by atoms with Crippen molar-refractivity contribution in [1.29, 1.82) is 0 Å². The molecule has 0 bridgehead atoms. The summed E-state index contributed by atoms with van der Waals surface area (Å²) in [7, 11) is -3.82. The minimum Gasteiger partial charge on any atom is -0.477 e. The van der Waals surface area contributed by atoms with E-state index in [1.807, 2.05) is 6.92 Å². The number of aliphatic hydroxyl groups excluding tert-OH is 1. The Morgan fingerprint density at radius 3 is 1.83 bits per heavy atom. The second kappa shape index (κ2) is 10.5. The first-order valence-electron chi connectivity index (χ1n) is 5.80. The van der Waals surface area contributed by atoms with E-state index in [2.05, 4.69) is 6.92 Å². The minimum absolute atomic E-state index is 0.413. The van der Waals surface area contributed by atoms with E-state index < -0.39 is 25.5 Å². The molecule has 8 heteroatoms. The van der Waals surface area contributed by atoms with Gasteiger partial charge in [-0.1, -0.05) is 33.1 Å². The van der Waals surface area contributed by atoms with E-state index in [9.17, 15) is 9.36 Å². The van der Waals surface area contributed by atoms with Gasteiger partial charge >= 0.3 is 13.6 Å². The number of aliphatic hydroxyl groups is 2. The van der Waals surface area contributed by atoms with Crippen molar-refractivity contribution in [2.75, 3.05) is 0 Å². The summed E-state index contributed by atoms with van der Waals surface area (Å²) in [6, 6.07) is 0. The maximum atomic E-state index is 10.9. The van der Waals surface area contributed by atoms with Crippen LogP contribution in [0.15, 0.2) is 0 Å². The smallest absolute Gasteiger partial charge is 0.360 e. The Hall–Kier alpha value is -0.460. The largest absolute Gasteiger partial charge is 0.477 e. The van der Waals surface area contributed by atoms with Crippen molar-refractivity contribution < 1.29 is 34.5 Å². The van der Waals surface area contributed by atoms with Gasteiger partial charge in [-0.15, -0.1) is 0 Å². The predicted octanol–water partition coefficient (Wildman–Crippen LogP) is 0.905. The fraction of sp³-hybridized carbons (Fsp3) is 0.900. The van der Waals surface area contributed by atoms with Crippen molar-refractivity contribution >= 4 is 13.6 Å². The third-order valence-electron chi connectivity index (χ3n) is 2.31. The third kappa shape index (κ3) is 12.0. The summed E-state index contributed by atoms with van der Waals surface area (Å²) in [6.45, 7) is 3.91. The van der Waals surface area contributed by atoms with Crippen LogP contribution in [0.2, 0.25) is 0 Å². The topological polar surface area (TPSA) is 135 Å². The summed E-state index contributed by atoms with van der Waals surface area (Å²) in [5.41, 5.74) is -0.413. The highest BCUT2D eigenvalue weighted by Gasteiger charge is 2.25. The van der Waals surface area contributed by atoms with E-state index in [0.717, 1.165) is 19.3 Å². The molecule has 0 saturated carbocycles. The molecule has 1 unspecified atom stereocenters. The summed E-state index contributed by atoms with van der Waals surface area (Å²) in [5, 5.41) is 22.7. The van der Waals surface area contributed by atoms with Crippen LogP contribution in [0.5, 0.6) is 0 Å². The van der Waals surface area contributed by atoms with Crippen molar-refractivity contribution in [3.63, 3.8) is 0 Å². The lowest BCUT2D eigenvalue weighted by molar-refractivity contribution is -0.165. The van der Waals surface area contributed by atoms with Gasteiger partial charge in [0.25, 0.3) is 6.29 Å². The Morgan fingerprint density at radius 1 is 1.17 bits per heavy atom. The number of hydrogen-bond donors (Lipinski definition) is 5. The summed E-state index contributed by atoms with van der Waals surface area (Å²) in [5.74, 6) is -1.63. The maximum absolute atomic E-state index is 10.9. The Bertz CT molecular complexity index is 261. The number of aliphatic carboxylic acids is 1. The number of carboxylic acids is 1. The lowest BCUT2D eigenvalue weighted by atomic mass is 10.1. The molecule has 0 aromatic carbocycles. The standard InChI is InChI=1S/C8H19O3P.C2H4O4/c1-3-5-6-7-8(4-2)12(9,10)11;3-1(4)2(5)6/h8H,3-7H2,1-2H3,(H2,9,10,11);1,3-4H,(H,5,6). The number of hydrogen-bond acceptors (Lipinski definition) is 4. The van der Waals surface area contributed by atoms with Crippen LogP contribution >= 0.6 is 7.60 Å². The predicted molar refractivity (Wildman–Crippen MR) is 66.1 cm³/mol. The van der Waals surface area contributed by atoms with E-state index in [0.29, 0.717) is 12.8 Å². The van der Waals surface area contributed by atoms with E-state index in [1.54, 1.807) is 0 Å². The molecule has 0 spiro atoms. The van der Waals surface area contributed by atoms with Crippen LogP contribution in [0.3, 0.4) is 0 Å².